The van der Waals surface area contributed by atoms with Gasteiger partial charge in [0, 0.05) is 6.07 Å². The SMILES string of the molecule is COc1ccc(N(C(=O)C(C)Oc2cccc(OC)c2)S(=O)(=O)c2ccccc2)cc1. The molecule has 7 nitrogen and oxygen atoms in total. The largest absolute Gasteiger partial charge is 0.497 e. The zero-order chi connectivity index (χ0) is 22.4. The van der Waals surface area contributed by atoms with E-state index in [0.717, 1.165) is 4.31 Å². The van der Waals surface area contributed by atoms with E-state index in [1.54, 1.807) is 54.6 Å². The second-order valence-corrected chi connectivity index (χ2v) is 8.34. The van der Waals surface area contributed by atoms with E-state index >= 15 is 0 Å². The van der Waals surface area contributed by atoms with Gasteiger partial charge < -0.3 is 14.2 Å². The fraction of sp³-hybridized carbons (Fsp3) is 0.174. The van der Waals surface area contributed by atoms with Gasteiger partial charge in [0.25, 0.3) is 15.9 Å². The zero-order valence-electron chi connectivity index (χ0n) is 17.4. The number of hydrogen-bond donors (Lipinski definition) is 0. The number of sulfonamides is 1. The number of anilines is 1. The number of hydrogen-bond acceptors (Lipinski definition) is 6. The summed E-state index contributed by atoms with van der Waals surface area (Å²) in [7, 11) is -1.16. The van der Waals surface area contributed by atoms with Crippen LogP contribution >= 0.6 is 0 Å². The molecule has 3 rings (SSSR count). The van der Waals surface area contributed by atoms with E-state index in [-0.39, 0.29) is 10.6 Å². The first-order valence-corrected chi connectivity index (χ1v) is 10.9. The normalized spacial score (nSPS) is 12.0. The zero-order valence-corrected chi connectivity index (χ0v) is 18.2. The molecular formula is C23H23NO6S. The van der Waals surface area contributed by atoms with Crippen LogP contribution in [0.5, 0.6) is 17.2 Å². The van der Waals surface area contributed by atoms with Gasteiger partial charge in [0.05, 0.1) is 24.8 Å². The smallest absolute Gasteiger partial charge is 0.281 e. The summed E-state index contributed by atoms with van der Waals surface area (Å²) in [5.41, 5.74) is 0.177. The molecule has 0 fully saturated rings. The third-order valence-corrected chi connectivity index (χ3v) is 6.23. The van der Waals surface area contributed by atoms with E-state index in [2.05, 4.69) is 0 Å². The summed E-state index contributed by atoms with van der Waals surface area (Å²) in [5.74, 6) is 0.735. The Hall–Kier alpha value is -3.52. The van der Waals surface area contributed by atoms with Crippen molar-refractivity contribution < 1.29 is 27.4 Å². The van der Waals surface area contributed by atoms with Gasteiger partial charge in [-0.25, -0.2) is 8.42 Å². The Morgan fingerprint density at radius 3 is 2.03 bits per heavy atom. The van der Waals surface area contributed by atoms with Crippen LogP contribution in [0.15, 0.2) is 83.8 Å². The van der Waals surface area contributed by atoms with Crippen LogP contribution in [0.4, 0.5) is 5.69 Å². The van der Waals surface area contributed by atoms with Crippen molar-refractivity contribution in [2.75, 3.05) is 18.5 Å². The van der Waals surface area contributed by atoms with Crippen LogP contribution in [-0.4, -0.2) is 34.6 Å². The Morgan fingerprint density at radius 1 is 0.806 bits per heavy atom. The monoisotopic (exact) mass is 441 g/mol. The highest BCUT2D eigenvalue weighted by Crippen LogP contribution is 2.28. The lowest BCUT2D eigenvalue weighted by atomic mass is 10.2. The molecule has 1 atom stereocenters. The van der Waals surface area contributed by atoms with Gasteiger partial charge in [0.15, 0.2) is 6.10 Å². The maximum atomic E-state index is 13.4. The molecule has 0 aromatic heterocycles. The van der Waals surface area contributed by atoms with Crippen LogP contribution in [0.25, 0.3) is 0 Å². The lowest BCUT2D eigenvalue weighted by Gasteiger charge is -2.26. The maximum Gasteiger partial charge on any atom is 0.281 e. The number of carbonyl (C=O) groups is 1. The minimum absolute atomic E-state index is 0.00671. The number of amides is 1. The molecule has 0 aliphatic heterocycles. The molecule has 0 saturated carbocycles. The molecule has 0 N–H and O–H groups in total. The predicted molar refractivity (Wildman–Crippen MR) is 117 cm³/mol. The second kappa shape index (κ2) is 9.53. The average Bonchev–Trinajstić information content (AvgIpc) is 2.80. The summed E-state index contributed by atoms with van der Waals surface area (Å²) in [4.78, 5) is 13.3. The highest BCUT2D eigenvalue weighted by molar-refractivity contribution is 7.93. The molecular weight excluding hydrogens is 418 g/mol. The van der Waals surface area contributed by atoms with E-state index < -0.39 is 22.0 Å². The number of rotatable bonds is 8. The standard InChI is InChI=1S/C23H23NO6S/c1-17(30-21-9-7-8-20(16-21)29-3)23(25)24(18-12-14-19(28-2)15-13-18)31(26,27)22-10-5-4-6-11-22/h4-17H,1-3H3. The topological polar surface area (TPSA) is 82.1 Å². The minimum atomic E-state index is -4.18. The van der Waals surface area contributed by atoms with Crippen molar-refractivity contribution in [2.45, 2.75) is 17.9 Å². The lowest BCUT2D eigenvalue weighted by Crippen LogP contribution is -2.44. The number of carbonyl (C=O) groups excluding carboxylic acids is 1. The molecule has 0 heterocycles. The molecule has 0 aliphatic carbocycles. The van der Waals surface area contributed by atoms with Crippen molar-refractivity contribution >= 4 is 21.6 Å². The molecule has 3 aromatic carbocycles. The van der Waals surface area contributed by atoms with E-state index in [9.17, 15) is 13.2 Å². The van der Waals surface area contributed by atoms with E-state index in [1.807, 2.05) is 0 Å². The summed E-state index contributed by atoms with van der Waals surface area (Å²) in [6.07, 6.45) is -1.09. The molecule has 0 bridgehead atoms. The van der Waals surface area contributed by atoms with Crippen LogP contribution in [0, 0.1) is 0 Å². The van der Waals surface area contributed by atoms with Gasteiger partial charge in [0.2, 0.25) is 0 Å². The highest BCUT2D eigenvalue weighted by Gasteiger charge is 2.34. The summed E-state index contributed by atoms with van der Waals surface area (Å²) in [6, 6.07) is 20.7. The van der Waals surface area contributed by atoms with E-state index in [1.165, 1.54) is 45.4 Å². The van der Waals surface area contributed by atoms with Crippen molar-refractivity contribution in [2.24, 2.45) is 0 Å². The Kier molecular flexibility index (Phi) is 6.81. The quantitative estimate of drug-likeness (QED) is 0.527. The lowest BCUT2D eigenvalue weighted by molar-refractivity contribution is -0.123. The van der Waals surface area contributed by atoms with Gasteiger partial charge in [-0.3, -0.25) is 4.79 Å². The molecule has 1 unspecified atom stereocenters. The summed E-state index contributed by atoms with van der Waals surface area (Å²) >= 11 is 0. The Morgan fingerprint density at radius 2 is 1.42 bits per heavy atom. The van der Waals surface area contributed by atoms with Crippen molar-refractivity contribution in [3.63, 3.8) is 0 Å². The maximum absolute atomic E-state index is 13.4. The Balaban J connectivity index is 1.99. The minimum Gasteiger partial charge on any atom is -0.497 e. The molecule has 0 saturated heterocycles. The Bertz CT molecular complexity index is 1130. The Labute approximate surface area is 181 Å². The van der Waals surface area contributed by atoms with Crippen molar-refractivity contribution in [1.82, 2.24) is 0 Å². The van der Waals surface area contributed by atoms with Gasteiger partial charge in [-0.15, -0.1) is 0 Å². The molecule has 0 aliphatic rings. The van der Waals surface area contributed by atoms with Crippen molar-refractivity contribution in [3.05, 3.63) is 78.9 Å². The van der Waals surface area contributed by atoms with Crippen LogP contribution in [0.2, 0.25) is 0 Å². The summed E-state index contributed by atoms with van der Waals surface area (Å²) < 4.78 is 43.6. The fourth-order valence-corrected chi connectivity index (χ4v) is 4.39. The van der Waals surface area contributed by atoms with Crippen molar-refractivity contribution in [3.8, 4) is 17.2 Å². The molecule has 162 valence electrons. The number of benzene rings is 3. The first-order chi connectivity index (χ1) is 14.9. The van der Waals surface area contributed by atoms with Gasteiger partial charge in [-0.2, -0.15) is 4.31 Å². The van der Waals surface area contributed by atoms with E-state index in [4.69, 9.17) is 14.2 Å². The average molecular weight is 442 g/mol. The van der Waals surface area contributed by atoms with E-state index in [0.29, 0.717) is 17.2 Å². The first kappa shape index (κ1) is 22.2. The molecule has 8 heteroatoms. The number of nitrogens with zero attached hydrogens (tertiary/aromatic N) is 1. The second-order valence-electron chi connectivity index (χ2n) is 6.56. The van der Waals surface area contributed by atoms with Crippen LogP contribution in [0.3, 0.4) is 0 Å². The third-order valence-electron chi connectivity index (χ3n) is 4.49. The summed E-state index contributed by atoms with van der Waals surface area (Å²) in [5, 5.41) is 0. The third kappa shape index (κ3) is 4.97. The number of ether oxygens (including phenoxy) is 3. The molecule has 0 radical (unpaired) electrons. The first-order valence-electron chi connectivity index (χ1n) is 9.46. The highest BCUT2D eigenvalue weighted by atomic mass is 32.2. The van der Waals surface area contributed by atoms with Crippen LogP contribution in [-0.2, 0) is 14.8 Å². The van der Waals surface area contributed by atoms with Gasteiger partial charge in [-0.1, -0.05) is 24.3 Å². The van der Waals surface area contributed by atoms with Gasteiger partial charge >= 0.3 is 0 Å². The molecule has 3 aromatic rings. The molecule has 31 heavy (non-hydrogen) atoms. The predicted octanol–water partition coefficient (Wildman–Crippen LogP) is 3.89. The molecule has 1 amide bonds. The van der Waals surface area contributed by atoms with Crippen molar-refractivity contribution in [1.29, 1.82) is 0 Å². The van der Waals surface area contributed by atoms with Gasteiger partial charge in [0.1, 0.15) is 17.2 Å². The van der Waals surface area contributed by atoms with Crippen LogP contribution in [0.1, 0.15) is 6.92 Å². The molecule has 0 spiro atoms. The van der Waals surface area contributed by atoms with Crippen LogP contribution < -0.4 is 18.5 Å². The fourth-order valence-electron chi connectivity index (χ4n) is 2.89. The summed E-state index contributed by atoms with van der Waals surface area (Å²) in [6.45, 7) is 1.50. The van der Waals surface area contributed by atoms with Gasteiger partial charge in [-0.05, 0) is 55.5 Å². The number of methoxy groups -OCH3 is 2.